The topological polar surface area (TPSA) is 65.0 Å². The van der Waals surface area contributed by atoms with Gasteiger partial charge in [0.2, 0.25) is 0 Å². The molecular formula is C11H13F5O5. The van der Waals surface area contributed by atoms with Crippen LogP contribution in [0.25, 0.3) is 0 Å². The Labute approximate surface area is 116 Å². The van der Waals surface area contributed by atoms with E-state index in [9.17, 15) is 31.9 Å². The van der Waals surface area contributed by atoms with Crippen LogP contribution in [0.4, 0.5) is 22.0 Å². The van der Waals surface area contributed by atoms with Crippen LogP contribution in [-0.4, -0.2) is 48.0 Å². The number of carbonyl (C=O) groups excluding carboxylic acids is 1. The van der Waals surface area contributed by atoms with Crippen LogP contribution in [0.15, 0.2) is 12.2 Å². The highest BCUT2D eigenvalue weighted by atomic mass is 19.4. The number of ether oxygens (including phenoxy) is 3. The van der Waals surface area contributed by atoms with Crippen molar-refractivity contribution in [2.24, 2.45) is 0 Å². The van der Waals surface area contributed by atoms with Crippen LogP contribution in [-0.2, 0) is 19.0 Å². The van der Waals surface area contributed by atoms with Gasteiger partial charge in [-0.2, -0.15) is 22.0 Å². The van der Waals surface area contributed by atoms with Crippen LogP contribution in [0.3, 0.4) is 0 Å². The predicted octanol–water partition coefficient (Wildman–Crippen LogP) is 1.75. The number of halogens is 5. The van der Waals surface area contributed by atoms with Crippen molar-refractivity contribution in [2.75, 3.05) is 13.4 Å². The summed E-state index contributed by atoms with van der Waals surface area (Å²) >= 11 is 0. The molecular weight excluding hydrogens is 307 g/mol. The average molecular weight is 320 g/mol. The van der Waals surface area contributed by atoms with Gasteiger partial charge in [0.05, 0.1) is 0 Å². The van der Waals surface area contributed by atoms with Gasteiger partial charge < -0.3 is 19.3 Å². The maximum Gasteiger partial charge on any atom is 0.449 e. The summed E-state index contributed by atoms with van der Waals surface area (Å²) in [6, 6.07) is 0. The minimum Gasteiger partial charge on any atom is -0.459 e. The molecule has 1 fully saturated rings. The maximum absolute atomic E-state index is 14.0. The molecule has 5 nitrogen and oxygen atoms in total. The first kappa shape index (κ1) is 17.8. The molecule has 0 saturated carbocycles. The first-order valence-electron chi connectivity index (χ1n) is 5.56. The monoisotopic (exact) mass is 320 g/mol. The number of aliphatic hydroxyl groups is 1. The number of alkyl halides is 5. The second-order valence-corrected chi connectivity index (χ2v) is 4.71. The number of hydrogen-bond acceptors (Lipinski definition) is 5. The van der Waals surface area contributed by atoms with E-state index >= 15 is 0 Å². The van der Waals surface area contributed by atoms with Gasteiger partial charge in [0.15, 0.2) is 12.4 Å². The lowest BCUT2D eigenvalue weighted by Crippen LogP contribution is -2.74. The molecule has 1 aliphatic rings. The van der Waals surface area contributed by atoms with Crippen molar-refractivity contribution in [1.82, 2.24) is 0 Å². The average Bonchev–Trinajstić information content (AvgIpc) is 2.32. The highest BCUT2D eigenvalue weighted by molar-refractivity contribution is 5.86. The molecule has 0 spiro atoms. The summed E-state index contributed by atoms with van der Waals surface area (Å²) in [6.07, 6.45) is -5.78. The van der Waals surface area contributed by atoms with Gasteiger partial charge in [0.25, 0.3) is 0 Å². The molecule has 1 N–H and O–H groups in total. The lowest BCUT2D eigenvalue weighted by molar-refractivity contribution is -0.501. The zero-order valence-electron chi connectivity index (χ0n) is 11.1. The SMILES string of the molecule is C=C(C)C(=O)OCC1(C)OCOC(O)(C(F)(F)F)C1(F)F. The molecule has 0 aliphatic carbocycles. The van der Waals surface area contributed by atoms with E-state index in [1.54, 1.807) is 0 Å². The van der Waals surface area contributed by atoms with Gasteiger partial charge in [-0.1, -0.05) is 6.58 Å². The lowest BCUT2D eigenvalue weighted by atomic mass is 9.89. The number of carbonyl (C=O) groups is 1. The Morgan fingerprint density at radius 3 is 2.33 bits per heavy atom. The molecule has 0 aromatic rings. The first-order valence-corrected chi connectivity index (χ1v) is 5.56. The van der Waals surface area contributed by atoms with Crippen LogP contribution in [0.2, 0.25) is 0 Å². The molecule has 10 heteroatoms. The van der Waals surface area contributed by atoms with E-state index in [-0.39, 0.29) is 5.57 Å². The Morgan fingerprint density at radius 1 is 1.38 bits per heavy atom. The summed E-state index contributed by atoms with van der Waals surface area (Å²) in [4.78, 5) is 11.2. The van der Waals surface area contributed by atoms with Gasteiger partial charge in [0, 0.05) is 5.57 Å². The van der Waals surface area contributed by atoms with Gasteiger partial charge in [-0.05, 0) is 13.8 Å². The summed E-state index contributed by atoms with van der Waals surface area (Å²) in [5.74, 6) is -10.8. The highest BCUT2D eigenvalue weighted by Gasteiger charge is 2.79. The van der Waals surface area contributed by atoms with E-state index in [2.05, 4.69) is 20.8 Å². The lowest BCUT2D eigenvalue weighted by Gasteiger charge is -2.48. The van der Waals surface area contributed by atoms with E-state index in [0.717, 1.165) is 0 Å². The van der Waals surface area contributed by atoms with E-state index in [1.165, 1.54) is 6.92 Å². The van der Waals surface area contributed by atoms with Gasteiger partial charge >= 0.3 is 23.9 Å². The molecule has 1 aliphatic heterocycles. The summed E-state index contributed by atoms with van der Waals surface area (Å²) in [6.45, 7) is 2.49. The van der Waals surface area contributed by atoms with Crippen LogP contribution < -0.4 is 0 Å². The standard InChI is InChI=1S/C11H13F5O5/c1-6(2)7(17)19-4-8(3)9(12,13)10(18,11(14,15)16)21-5-20-8/h18H,1,4-5H2,2-3H3. The molecule has 0 amide bonds. The third kappa shape index (κ3) is 2.74. The molecule has 0 bridgehead atoms. The second-order valence-electron chi connectivity index (χ2n) is 4.71. The van der Waals surface area contributed by atoms with Crippen molar-refractivity contribution in [3.05, 3.63) is 12.2 Å². The molecule has 2 atom stereocenters. The van der Waals surface area contributed by atoms with Gasteiger partial charge in [-0.15, -0.1) is 0 Å². The number of hydrogen-bond donors (Lipinski definition) is 1. The van der Waals surface area contributed by atoms with Crippen molar-refractivity contribution in [3.8, 4) is 0 Å². The van der Waals surface area contributed by atoms with E-state index in [1.807, 2.05) is 0 Å². The van der Waals surface area contributed by atoms with E-state index in [0.29, 0.717) is 6.92 Å². The second kappa shape index (κ2) is 5.18. The Kier molecular flexibility index (Phi) is 4.39. The molecule has 21 heavy (non-hydrogen) atoms. The van der Waals surface area contributed by atoms with Crippen molar-refractivity contribution in [2.45, 2.75) is 37.3 Å². The smallest absolute Gasteiger partial charge is 0.449 e. The normalized spacial score (nSPS) is 32.6. The Bertz CT molecular complexity index is 449. The molecule has 2 unspecified atom stereocenters. The van der Waals surface area contributed by atoms with Gasteiger partial charge in [0.1, 0.15) is 6.61 Å². The Hall–Kier alpha value is -1.26. The fourth-order valence-corrected chi connectivity index (χ4v) is 1.50. The van der Waals surface area contributed by atoms with Gasteiger partial charge in [-0.3, -0.25) is 0 Å². The largest absolute Gasteiger partial charge is 0.459 e. The first-order chi connectivity index (χ1) is 9.28. The van der Waals surface area contributed by atoms with E-state index < -0.39 is 42.9 Å². The molecule has 1 heterocycles. The Balaban J connectivity index is 3.07. The Morgan fingerprint density at radius 2 is 1.90 bits per heavy atom. The summed E-state index contributed by atoms with van der Waals surface area (Å²) in [5, 5.41) is 9.21. The minimum absolute atomic E-state index is 0.139. The fraction of sp³-hybridized carbons (Fsp3) is 0.727. The van der Waals surface area contributed by atoms with Crippen LogP contribution in [0.5, 0.6) is 0 Å². The summed E-state index contributed by atoms with van der Waals surface area (Å²) in [7, 11) is 0. The van der Waals surface area contributed by atoms with E-state index in [4.69, 9.17) is 0 Å². The van der Waals surface area contributed by atoms with Crippen molar-refractivity contribution in [3.63, 3.8) is 0 Å². The quantitative estimate of drug-likeness (QED) is 0.488. The van der Waals surface area contributed by atoms with Gasteiger partial charge in [-0.25, -0.2) is 4.79 Å². The fourth-order valence-electron chi connectivity index (χ4n) is 1.50. The van der Waals surface area contributed by atoms with Crippen molar-refractivity contribution < 1.29 is 46.1 Å². The predicted molar refractivity (Wildman–Crippen MR) is 57.2 cm³/mol. The zero-order chi connectivity index (χ0) is 16.7. The molecule has 0 aromatic carbocycles. The van der Waals surface area contributed by atoms with Crippen LogP contribution in [0, 0.1) is 0 Å². The van der Waals surface area contributed by atoms with Crippen molar-refractivity contribution >= 4 is 5.97 Å². The van der Waals surface area contributed by atoms with Crippen molar-refractivity contribution in [1.29, 1.82) is 0 Å². The number of rotatable bonds is 3. The highest BCUT2D eigenvalue weighted by Crippen LogP contribution is 2.52. The molecule has 0 radical (unpaired) electrons. The maximum atomic E-state index is 14.0. The molecule has 0 aromatic heterocycles. The van der Waals surface area contributed by atoms with Crippen LogP contribution >= 0.6 is 0 Å². The summed E-state index contributed by atoms with van der Waals surface area (Å²) in [5.41, 5.74) is -3.07. The minimum atomic E-state index is -5.78. The zero-order valence-corrected chi connectivity index (χ0v) is 11.1. The summed E-state index contributed by atoms with van der Waals surface area (Å²) < 4.78 is 78.6. The third-order valence-corrected chi connectivity index (χ3v) is 2.95. The third-order valence-electron chi connectivity index (χ3n) is 2.95. The van der Waals surface area contributed by atoms with Crippen LogP contribution in [0.1, 0.15) is 13.8 Å². The molecule has 1 rings (SSSR count). The number of esters is 1. The molecule has 122 valence electrons. The molecule has 1 saturated heterocycles.